The van der Waals surface area contributed by atoms with Crippen LogP contribution in [0.25, 0.3) is 0 Å². The predicted molar refractivity (Wildman–Crippen MR) is 97.6 cm³/mol. The number of hydrogen-bond acceptors (Lipinski definition) is 3. The number of rotatable bonds is 3. The number of aromatic nitrogens is 2. The summed E-state index contributed by atoms with van der Waals surface area (Å²) in [5.74, 6) is 0.586. The van der Waals surface area contributed by atoms with Crippen molar-refractivity contribution in [3.05, 3.63) is 59.1 Å². The first kappa shape index (κ1) is 16.5. The van der Waals surface area contributed by atoms with E-state index in [9.17, 15) is 4.79 Å². The molecule has 2 aromatic rings. The summed E-state index contributed by atoms with van der Waals surface area (Å²) in [5, 5.41) is 0.715. The summed E-state index contributed by atoms with van der Waals surface area (Å²) in [6, 6.07) is 9.79. The maximum atomic E-state index is 13.4. The lowest BCUT2D eigenvalue weighted by molar-refractivity contribution is -0.142. The second-order valence-electron chi connectivity index (χ2n) is 7.17. The SMILES string of the molecule is O=C(N1CCC[C@H](c2ccncn2)C1)C1(c2ccc(Cl)cc2)CCC1. The minimum absolute atomic E-state index is 0.278. The van der Waals surface area contributed by atoms with Crippen LogP contribution in [0, 0.1) is 0 Å². The van der Waals surface area contributed by atoms with E-state index < -0.39 is 0 Å². The molecule has 0 unspecified atom stereocenters. The van der Waals surface area contributed by atoms with E-state index in [-0.39, 0.29) is 11.3 Å². The van der Waals surface area contributed by atoms with Gasteiger partial charge in [0, 0.05) is 35.9 Å². The van der Waals surface area contributed by atoms with Crippen molar-refractivity contribution in [3.8, 4) is 0 Å². The molecule has 1 aliphatic heterocycles. The molecule has 0 bridgehead atoms. The third-order valence-electron chi connectivity index (χ3n) is 5.75. The highest BCUT2D eigenvalue weighted by atomic mass is 35.5. The highest BCUT2D eigenvalue weighted by molar-refractivity contribution is 6.30. The molecule has 25 heavy (non-hydrogen) atoms. The van der Waals surface area contributed by atoms with Crippen LogP contribution in [-0.2, 0) is 10.2 Å². The van der Waals surface area contributed by atoms with Gasteiger partial charge in [-0.1, -0.05) is 30.2 Å². The molecule has 2 heterocycles. The molecule has 130 valence electrons. The van der Waals surface area contributed by atoms with E-state index in [2.05, 4.69) is 14.9 Å². The fourth-order valence-corrected chi connectivity index (χ4v) is 4.30. The number of carbonyl (C=O) groups excluding carboxylic acids is 1. The minimum atomic E-state index is -0.349. The van der Waals surface area contributed by atoms with E-state index >= 15 is 0 Å². The van der Waals surface area contributed by atoms with Gasteiger partial charge in [-0.2, -0.15) is 0 Å². The van der Waals surface area contributed by atoms with E-state index in [0.29, 0.717) is 10.9 Å². The molecule has 0 N–H and O–H groups in total. The van der Waals surface area contributed by atoms with Crippen molar-refractivity contribution in [1.82, 2.24) is 14.9 Å². The lowest BCUT2D eigenvalue weighted by atomic mass is 9.63. The van der Waals surface area contributed by atoms with Gasteiger partial charge >= 0.3 is 0 Å². The van der Waals surface area contributed by atoms with Gasteiger partial charge in [0.25, 0.3) is 0 Å². The van der Waals surface area contributed by atoms with Crippen molar-refractivity contribution >= 4 is 17.5 Å². The summed E-state index contributed by atoms with van der Waals surface area (Å²) in [6.45, 7) is 1.60. The first-order valence-corrected chi connectivity index (χ1v) is 9.38. The molecule has 1 atom stereocenters. The zero-order chi connectivity index (χ0) is 17.3. The molecule has 2 fully saturated rings. The number of nitrogens with zero attached hydrogens (tertiary/aromatic N) is 3. The Morgan fingerprint density at radius 1 is 1.16 bits per heavy atom. The summed E-state index contributed by atoms with van der Waals surface area (Å²) < 4.78 is 0. The van der Waals surface area contributed by atoms with Crippen LogP contribution in [0.4, 0.5) is 0 Å². The van der Waals surface area contributed by atoms with Gasteiger partial charge in [-0.05, 0) is 49.4 Å². The van der Waals surface area contributed by atoms with Crippen LogP contribution in [-0.4, -0.2) is 33.9 Å². The number of hydrogen-bond donors (Lipinski definition) is 0. The third-order valence-corrected chi connectivity index (χ3v) is 6.00. The largest absolute Gasteiger partial charge is 0.341 e. The lowest BCUT2D eigenvalue weighted by Gasteiger charge is -2.46. The van der Waals surface area contributed by atoms with Gasteiger partial charge in [0.2, 0.25) is 5.91 Å². The quantitative estimate of drug-likeness (QED) is 0.837. The van der Waals surface area contributed by atoms with Gasteiger partial charge in [0.15, 0.2) is 0 Å². The Kier molecular flexibility index (Phi) is 4.46. The molecule has 1 aromatic heterocycles. The Balaban J connectivity index is 1.56. The zero-order valence-electron chi connectivity index (χ0n) is 14.2. The molecule has 5 heteroatoms. The van der Waals surface area contributed by atoms with E-state index in [0.717, 1.165) is 56.5 Å². The maximum absolute atomic E-state index is 13.4. The van der Waals surface area contributed by atoms with Crippen molar-refractivity contribution in [2.24, 2.45) is 0 Å². The Labute approximate surface area is 153 Å². The number of carbonyl (C=O) groups is 1. The molecule has 4 nitrogen and oxygen atoms in total. The van der Waals surface area contributed by atoms with Crippen molar-refractivity contribution in [2.75, 3.05) is 13.1 Å². The van der Waals surface area contributed by atoms with Crippen molar-refractivity contribution in [3.63, 3.8) is 0 Å². The summed E-state index contributed by atoms with van der Waals surface area (Å²) >= 11 is 6.03. The second-order valence-corrected chi connectivity index (χ2v) is 7.60. The molecule has 0 radical (unpaired) electrons. The fraction of sp³-hybridized carbons (Fsp3) is 0.450. The van der Waals surface area contributed by atoms with Gasteiger partial charge in [-0.3, -0.25) is 4.79 Å². The molecular formula is C20H22ClN3O. The summed E-state index contributed by atoms with van der Waals surface area (Å²) in [5.41, 5.74) is 1.80. The third kappa shape index (κ3) is 3.04. The second kappa shape index (κ2) is 6.75. The molecule has 2 aliphatic rings. The predicted octanol–water partition coefficient (Wildman–Crippen LogP) is 3.96. The van der Waals surface area contributed by atoms with E-state index in [1.165, 1.54) is 0 Å². The smallest absolute Gasteiger partial charge is 0.233 e. The first-order chi connectivity index (χ1) is 12.2. The van der Waals surface area contributed by atoms with Gasteiger partial charge in [-0.15, -0.1) is 0 Å². The molecule has 1 saturated heterocycles. The van der Waals surface area contributed by atoms with Crippen LogP contribution in [0.3, 0.4) is 0 Å². The van der Waals surface area contributed by atoms with Crippen LogP contribution >= 0.6 is 11.6 Å². The molecule has 1 saturated carbocycles. The summed E-state index contributed by atoms with van der Waals surface area (Å²) in [4.78, 5) is 23.9. The molecule has 1 aromatic carbocycles. The lowest BCUT2D eigenvalue weighted by Crippen LogP contribution is -2.53. The topological polar surface area (TPSA) is 46.1 Å². The molecule has 1 amide bonds. The van der Waals surface area contributed by atoms with Gasteiger partial charge < -0.3 is 4.90 Å². The first-order valence-electron chi connectivity index (χ1n) is 9.00. The van der Waals surface area contributed by atoms with Crippen molar-refractivity contribution in [2.45, 2.75) is 43.4 Å². The van der Waals surface area contributed by atoms with E-state index in [1.54, 1.807) is 12.5 Å². The Morgan fingerprint density at radius 3 is 2.60 bits per heavy atom. The fourth-order valence-electron chi connectivity index (χ4n) is 4.17. The van der Waals surface area contributed by atoms with Crippen molar-refractivity contribution in [1.29, 1.82) is 0 Å². The Hall–Kier alpha value is -1.94. The standard InChI is InChI=1S/C20H22ClN3O/c21-17-6-4-16(5-7-17)20(9-2-10-20)19(25)24-12-1-3-15(13-24)18-8-11-22-14-23-18/h4-8,11,14-15H,1-3,9-10,12-13H2/t15-/m0/s1. The maximum Gasteiger partial charge on any atom is 0.233 e. The minimum Gasteiger partial charge on any atom is -0.341 e. The van der Waals surface area contributed by atoms with Crippen LogP contribution in [0.1, 0.15) is 49.3 Å². The highest BCUT2D eigenvalue weighted by Crippen LogP contribution is 2.46. The van der Waals surface area contributed by atoms with Crippen LogP contribution in [0.15, 0.2) is 42.9 Å². The Morgan fingerprint density at radius 2 is 1.96 bits per heavy atom. The average Bonchev–Trinajstić information content (AvgIpc) is 2.63. The van der Waals surface area contributed by atoms with E-state index in [4.69, 9.17) is 11.6 Å². The van der Waals surface area contributed by atoms with Crippen LogP contribution in [0.5, 0.6) is 0 Å². The molecule has 0 spiro atoms. The molecule has 4 rings (SSSR count). The monoisotopic (exact) mass is 355 g/mol. The van der Waals surface area contributed by atoms with Gasteiger partial charge in [0.1, 0.15) is 6.33 Å². The summed E-state index contributed by atoms with van der Waals surface area (Å²) in [6.07, 6.45) is 8.45. The number of amides is 1. The molecule has 1 aliphatic carbocycles. The highest BCUT2D eigenvalue weighted by Gasteiger charge is 2.48. The number of benzene rings is 1. The normalized spacial score (nSPS) is 22.3. The number of piperidine rings is 1. The van der Waals surface area contributed by atoms with Crippen LogP contribution < -0.4 is 0 Å². The number of likely N-dealkylation sites (tertiary alicyclic amines) is 1. The van der Waals surface area contributed by atoms with Crippen molar-refractivity contribution < 1.29 is 4.79 Å². The Bertz CT molecular complexity index is 743. The summed E-state index contributed by atoms with van der Waals surface area (Å²) in [7, 11) is 0. The van der Waals surface area contributed by atoms with E-state index in [1.807, 2.05) is 30.3 Å². The number of halogens is 1. The zero-order valence-corrected chi connectivity index (χ0v) is 15.0. The van der Waals surface area contributed by atoms with Gasteiger partial charge in [-0.25, -0.2) is 9.97 Å². The molecular weight excluding hydrogens is 334 g/mol. The average molecular weight is 356 g/mol. The van der Waals surface area contributed by atoms with Crippen LogP contribution in [0.2, 0.25) is 5.02 Å². The van der Waals surface area contributed by atoms with Gasteiger partial charge in [0.05, 0.1) is 5.41 Å².